The van der Waals surface area contributed by atoms with Crippen LogP contribution in [-0.4, -0.2) is 73.6 Å². The van der Waals surface area contributed by atoms with Gasteiger partial charge in [0.2, 0.25) is 10.0 Å². The summed E-state index contributed by atoms with van der Waals surface area (Å²) >= 11 is 0. The predicted octanol–water partition coefficient (Wildman–Crippen LogP) is 0.626. The third-order valence-corrected chi connectivity index (χ3v) is 5.38. The summed E-state index contributed by atoms with van der Waals surface area (Å²) in [6.07, 6.45) is 1.00. The zero-order chi connectivity index (χ0) is 19.7. The van der Waals surface area contributed by atoms with Crippen molar-refractivity contribution in [3.63, 3.8) is 0 Å². The Balaban J connectivity index is 2.04. The van der Waals surface area contributed by atoms with Gasteiger partial charge in [0.1, 0.15) is 16.2 Å². The van der Waals surface area contributed by atoms with E-state index in [-0.39, 0.29) is 16.5 Å². The molecule has 1 saturated heterocycles. The van der Waals surface area contributed by atoms with Crippen molar-refractivity contribution in [1.29, 1.82) is 0 Å². The normalized spacial score (nSPS) is 15.9. The average molecular weight is 386 g/mol. The lowest BCUT2D eigenvalue weighted by Gasteiger charge is -2.35. The number of aromatic nitrogens is 1. The van der Waals surface area contributed by atoms with E-state index in [2.05, 4.69) is 4.72 Å². The topological polar surface area (TPSA) is 101 Å². The lowest BCUT2D eigenvalue weighted by molar-refractivity contribution is 0.0139. The molecule has 1 N–H and O–H groups in total. The van der Waals surface area contributed by atoms with Crippen molar-refractivity contribution in [2.75, 3.05) is 33.2 Å². The van der Waals surface area contributed by atoms with Crippen LogP contribution in [0.5, 0.6) is 0 Å². The highest BCUT2D eigenvalue weighted by molar-refractivity contribution is 7.89. The van der Waals surface area contributed by atoms with Crippen molar-refractivity contribution < 1.29 is 22.7 Å². The molecule has 0 atom stereocenters. The lowest BCUT2D eigenvalue weighted by atomic mass is 10.2. The lowest BCUT2D eigenvalue weighted by Crippen LogP contribution is -2.51. The number of nitrogens with zero attached hydrogens (tertiary/aromatic N) is 3. The number of amides is 2. The van der Waals surface area contributed by atoms with Gasteiger partial charge in [-0.05, 0) is 33.9 Å². The molecule has 1 aliphatic rings. The number of carbonyl (C=O) groups excluding carboxylic acids is 2. The van der Waals surface area contributed by atoms with Crippen LogP contribution >= 0.6 is 0 Å². The van der Waals surface area contributed by atoms with E-state index in [0.717, 1.165) is 0 Å². The largest absolute Gasteiger partial charge is 0.444 e. The van der Waals surface area contributed by atoms with E-state index in [0.29, 0.717) is 26.2 Å². The molecule has 1 aliphatic heterocycles. The molecule has 0 aliphatic carbocycles. The molecule has 1 fully saturated rings. The van der Waals surface area contributed by atoms with Gasteiger partial charge >= 0.3 is 6.09 Å². The van der Waals surface area contributed by atoms with Crippen LogP contribution in [0.4, 0.5) is 4.79 Å². The number of rotatable bonds is 3. The Kier molecular flexibility index (Phi) is 5.67. The molecule has 10 heteroatoms. The van der Waals surface area contributed by atoms with Gasteiger partial charge in [0.05, 0.1) is 0 Å². The highest BCUT2D eigenvalue weighted by atomic mass is 32.2. The molecule has 0 aromatic carbocycles. The fraction of sp³-hybridized carbons (Fsp3) is 0.625. The first-order valence-corrected chi connectivity index (χ1v) is 9.80. The average Bonchev–Trinajstić information content (AvgIpc) is 2.95. The zero-order valence-electron chi connectivity index (χ0n) is 15.8. The van der Waals surface area contributed by atoms with Crippen molar-refractivity contribution in [2.45, 2.75) is 31.3 Å². The Labute approximate surface area is 153 Å². The molecular weight excluding hydrogens is 360 g/mol. The first-order valence-electron chi connectivity index (χ1n) is 8.32. The first kappa shape index (κ1) is 20.2. The second kappa shape index (κ2) is 7.28. The highest BCUT2D eigenvalue weighted by Gasteiger charge is 2.29. The molecular formula is C16H26N4O5S. The van der Waals surface area contributed by atoms with Gasteiger partial charge in [-0.1, -0.05) is 0 Å². The molecule has 1 aromatic rings. The Morgan fingerprint density at radius 2 is 1.65 bits per heavy atom. The van der Waals surface area contributed by atoms with E-state index in [9.17, 15) is 18.0 Å². The summed E-state index contributed by atoms with van der Waals surface area (Å²) in [7, 11) is -0.669. The summed E-state index contributed by atoms with van der Waals surface area (Å²) < 4.78 is 32.8. The minimum absolute atomic E-state index is 0.0400. The van der Waals surface area contributed by atoms with Gasteiger partial charge in [0, 0.05) is 39.4 Å². The van der Waals surface area contributed by atoms with Gasteiger partial charge in [-0.25, -0.2) is 17.9 Å². The quantitative estimate of drug-likeness (QED) is 0.821. The monoisotopic (exact) mass is 386 g/mol. The van der Waals surface area contributed by atoms with Crippen molar-refractivity contribution in [2.24, 2.45) is 7.05 Å². The number of ether oxygens (including phenoxy) is 1. The molecule has 1 aromatic heterocycles. The number of piperazine rings is 1. The molecule has 2 heterocycles. The van der Waals surface area contributed by atoms with Crippen molar-refractivity contribution in [1.82, 2.24) is 19.1 Å². The number of nitrogens with one attached hydrogen (secondary N) is 1. The third-order valence-electron chi connectivity index (χ3n) is 4.00. The van der Waals surface area contributed by atoms with Crippen LogP contribution in [0.2, 0.25) is 0 Å². The molecule has 146 valence electrons. The summed E-state index contributed by atoms with van der Waals surface area (Å²) in [6, 6.07) is 1.36. The fourth-order valence-corrected chi connectivity index (χ4v) is 3.39. The highest BCUT2D eigenvalue weighted by Crippen LogP contribution is 2.17. The van der Waals surface area contributed by atoms with Crippen molar-refractivity contribution in [3.8, 4) is 0 Å². The zero-order valence-corrected chi connectivity index (χ0v) is 16.6. The van der Waals surface area contributed by atoms with E-state index < -0.39 is 21.7 Å². The maximum atomic E-state index is 12.7. The van der Waals surface area contributed by atoms with E-state index in [1.54, 1.807) is 37.6 Å². The summed E-state index contributed by atoms with van der Waals surface area (Å²) in [5.41, 5.74) is -0.285. The standard InChI is InChI=1S/C16H26N4O5S/c1-16(2,3)25-15(22)20-8-6-19(7-9-20)14(21)13-10-12(11-18(13)5)26(23,24)17-4/h10-11,17H,6-9H2,1-5H3. The Morgan fingerprint density at radius 1 is 1.12 bits per heavy atom. The number of aryl methyl sites for hydroxylation is 1. The molecule has 2 amide bonds. The van der Waals surface area contributed by atoms with Crippen LogP contribution in [0.1, 0.15) is 31.3 Å². The van der Waals surface area contributed by atoms with Gasteiger partial charge in [-0.3, -0.25) is 4.79 Å². The molecule has 2 rings (SSSR count). The van der Waals surface area contributed by atoms with E-state index >= 15 is 0 Å². The van der Waals surface area contributed by atoms with E-state index in [4.69, 9.17) is 4.74 Å². The number of sulfonamides is 1. The van der Waals surface area contributed by atoms with Gasteiger partial charge in [0.15, 0.2) is 0 Å². The van der Waals surface area contributed by atoms with Crippen LogP contribution < -0.4 is 4.72 Å². The van der Waals surface area contributed by atoms with Crippen LogP contribution in [0, 0.1) is 0 Å². The fourth-order valence-electron chi connectivity index (χ4n) is 2.59. The number of carbonyl (C=O) groups is 2. The predicted molar refractivity (Wildman–Crippen MR) is 95.4 cm³/mol. The van der Waals surface area contributed by atoms with Crippen LogP contribution in [0.3, 0.4) is 0 Å². The summed E-state index contributed by atoms with van der Waals surface area (Å²) in [5.74, 6) is -0.270. The molecule has 0 unspecified atom stereocenters. The van der Waals surface area contributed by atoms with Gasteiger partial charge in [-0.2, -0.15) is 0 Å². The van der Waals surface area contributed by atoms with Crippen molar-refractivity contribution >= 4 is 22.0 Å². The molecule has 9 nitrogen and oxygen atoms in total. The Bertz CT molecular complexity index is 786. The maximum absolute atomic E-state index is 12.7. The Morgan fingerprint density at radius 3 is 2.15 bits per heavy atom. The Hall–Kier alpha value is -2.07. The first-order chi connectivity index (χ1) is 11.9. The second-order valence-electron chi connectivity index (χ2n) is 7.14. The number of hydrogen-bond donors (Lipinski definition) is 1. The van der Waals surface area contributed by atoms with E-state index in [1.165, 1.54) is 23.9 Å². The number of hydrogen-bond acceptors (Lipinski definition) is 5. The second-order valence-corrected chi connectivity index (χ2v) is 9.03. The van der Waals surface area contributed by atoms with Crippen LogP contribution in [-0.2, 0) is 21.8 Å². The SMILES string of the molecule is CNS(=O)(=O)c1cc(C(=O)N2CCN(C(=O)OC(C)(C)C)CC2)n(C)c1. The molecule has 0 saturated carbocycles. The molecule has 0 radical (unpaired) electrons. The van der Waals surface area contributed by atoms with Gasteiger partial charge < -0.3 is 19.1 Å². The van der Waals surface area contributed by atoms with Gasteiger partial charge in [0.25, 0.3) is 5.91 Å². The van der Waals surface area contributed by atoms with E-state index in [1.807, 2.05) is 0 Å². The summed E-state index contributed by atoms with van der Waals surface area (Å²) in [4.78, 5) is 28.0. The minimum atomic E-state index is -3.61. The molecule has 0 spiro atoms. The summed E-state index contributed by atoms with van der Waals surface area (Å²) in [6.45, 7) is 6.86. The van der Waals surface area contributed by atoms with Crippen LogP contribution in [0.15, 0.2) is 17.2 Å². The molecule has 0 bridgehead atoms. The molecule has 26 heavy (non-hydrogen) atoms. The maximum Gasteiger partial charge on any atom is 0.410 e. The van der Waals surface area contributed by atoms with Crippen LogP contribution in [0.25, 0.3) is 0 Å². The third kappa shape index (κ3) is 4.55. The van der Waals surface area contributed by atoms with Gasteiger partial charge in [-0.15, -0.1) is 0 Å². The van der Waals surface area contributed by atoms with Crippen molar-refractivity contribution in [3.05, 3.63) is 18.0 Å². The minimum Gasteiger partial charge on any atom is -0.444 e. The summed E-state index contributed by atoms with van der Waals surface area (Å²) in [5, 5.41) is 0. The smallest absolute Gasteiger partial charge is 0.410 e.